The molecule has 1 aliphatic rings. The van der Waals surface area contributed by atoms with Crippen LogP contribution in [0.5, 0.6) is 0 Å². The van der Waals surface area contributed by atoms with Gasteiger partial charge in [0.1, 0.15) is 18.5 Å². The largest absolute Gasteiger partial charge is 0.459 e. The van der Waals surface area contributed by atoms with Crippen molar-refractivity contribution in [2.75, 3.05) is 0 Å². The van der Waals surface area contributed by atoms with Crippen molar-refractivity contribution in [2.45, 2.75) is 67.5 Å². The third kappa shape index (κ3) is 10.8. The fraction of sp³-hybridized carbons (Fsp3) is 0.324. The molecule has 3 aromatic rings. The average Bonchev–Trinajstić information content (AvgIpc) is 3.07. The zero-order valence-corrected chi connectivity index (χ0v) is 27.9. The molecule has 0 aromatic heterocycles. The van der Waals surface area contributed by atoms with Gasteiger partial charge >= 0.3 is 17.9 Å². The Morgan fingerprint density at radius 1 is 0.729 bits per heavy atom. The summed E-state index contributed by atoms with van der Waals surface area (Å²) in [5.41, 5.74) is 1.45. The normalized spacial score (nSPS) is 20.6. The Labute approximate surface area is 291 Å². The second kappa shape index (κ2) is 17.4. The summed E-state index contributed by atoms with van der Waals surface area (Å²) in [6.45, 7) is 1.02. The molecule has 0 spiro atoms. The predicted molar refractivity (Wildman–Crippen MR) is 174 cm³/mol. The third-order valence-electron chi connectivity index (χ3n) is 6.93. The van der Waals surface area contributed by atoms with Gasteiger partial charge in [0.2, 0.25) is 12.2 Å². The van der Waals surface area contributed by atoms with Gasteiger partial charge in [0, 0.05) is 6.42 Å². The lowest BCUT2D eigenvalue weighted by molar-refractivity contribution is -0.288. The number of rotatable bonds is 13. The zero-order chi connectivity index (χ0) is 34.7. The van der Waals surface area contributed by atoms with E-state index in [4.69, 9.17) is 68.6 Å². The van der Waals surface area contributed by atoms with E-state index in [1.54, 1.807) is 78.9 Å². The Balaban J connectivity index is 1.75. The summed E-state index contributed by atoms with van der Waals surface area (Å²) >= 11 is 17.7. The van der Waals surface area contributed by atoms with Crippen molar-refractivity contribution in [3.63, 3.8) is 0 Å². The Bertz CT molecular complexity index is 1550. The minimum Gasteiger partial charge on any atom is -0.459 e. The monoisotopic (exact) mass is 719 g/mol. The number of halogens is 3. The molecular weight excluding hydrogens is 689 g/mol. The summed E-state index contributed by atoms with van der Waals surface area (Å²) in [6, 6.07) is 25.5. The molecule has 1 saturated heterocycles. The third-order valence-corrected chi connectivity index (χ3v) is 7.44. The molecule has 3 aromatic carbocycles. The van der Waals surface area contributed by atoms with Crippen LogP contribution in [-0.2, 0) is 56.0 Å². The summed E-state index contributed by atoms with van der Waals surface area (Å²) in [7, 11) is 0. The van der Waals surface area contributed by atoms with Crippen LogP contribution in [0.15, 0.2) is 91.0 Å². The number of esters is 3. The Morgan fingerprint density at radius 2 is 1.29 bits per heavy atom. The van der Waals surface area contributed by atoms with Gasteiger partial charge in [-0.1, -0.05) is 114 Å². The number of ether oxygens (including phenoxy) is 6. The van der Waals surface area contributed by atoms with Gasteiger partial charge in [-0.15, -0.1) is 0 Å². The fourth-order valence-electron chi connectivity index (χ4n) is 4.55. The lowest BCUT2D eigenvalue weighted by atomic mass is 9.97. The number of benzene rings is 3. The molecular formula is C34H32Cl3NO10. The first-order valence-electron chi connectivity index (χ1n) is 14.7. The van der Waals surface area contributed by atoms with Crippen LogP contribution in [-0.4, -0.2) is 64.1 Å². The lowest BCUT2D eigenvalue weighted by Gasteiger charge is -2.44. The van der Waals surface area contributed by atoms with E-state index in [2.05, 4.69) is 0 Å². The molecule has 0 bridgehead atoms. The van der Waals surface area contributed by atoms with Gasteiger partial charge in [-0.25, -0.2) is 9.59 Å². The molecule has 1 unspecified atom stereocenters. The number of hydrogen-bond acceptors (Lipinski definition) is 11. The molecule has 4 rings (SSSR count). The Kier molecular flexibility index (Phi) is 13.4. The minimum absolute atomic E-state index is 0.118. The van der Waals surface area contributed by atoms with Crippen LogP contribution in [0.3, 0.4) is 0 Å². The summed E-state index contributed by atoms with van der Waals surface area (Å²) < 4.78 is 32.5. The van der Waals surface area contributed by atoms with Crippen LogP contribution >= 0.6 is 34.8 Å². The van der Waals surface area contributed by atoms with E-state index >= 15 is 0 Å². The summed E-state index contributed by atoms with van der Waals surface area (Å²) in [5.74, 6) is -3.92. The first-order chi connectivity index (χ1) is 22.9. The molecule has 1 aliphatic heterocycles. The van der Waals surface area contributed by atoms with Crippen LogP contribution in [0.25, 0.3) is 0 Å². The van der Waals surface area contributed by atoms with E-state index in [0.29, 0.717) is 11.1 Å². The molecule has 11 nitrogen and oxygen atoms in total. The number of Topliss-reactive ketones (excluding diaryl/α,β-unsaturated/α-hetero) is 1. The number of alkyl halides is 3. The Morgan fingerprint density at radius 3 is 1.85 bits per heavy atom. The van der Waals surface area contributed by atoms with Crippen molar-refractivity contribution in [1.82, 2.24) is 0 Å². The maximum absolute atomic E-state index is 13.7. The standard InChI is InChI=1S/C34H32Cl3NO10/c1-21(39)17-18-25(40)45-27-26(43-19-22-11-5-2-6-12-22)29(46-30(41)24-15-9-4-10-16-24)32(48-33(38)34(35,36)37)47-28(27)31(42)44-20-23-13-7-3-8-14-23/h2-16,26-29,32,38H,17-20H2,1H3/t26-,27-,28-,29+,32?/m0/s1. The first kappa shape index (κ1) is 36.8. The fourth-order valence-corrected chi connectivity index (χ4v) is 4.69. The Hall–Kier alpha value is -4.00. The van der Waals surface area contributed by atoms with Crippen LogP contribution in [0.4, 0.5) is 0 Å². The van der Waals surface area contributed by atoms with Crippen molar-refractivity contribution in [2.24, 2.45) is 0 Å². The second-order valence-corrected chi connectivity index (χ2v) is 12.9. The average molecular weight is 721 g/mol. The van der Waals surface area contributed by atoms with E-state index in [9.17, 15) is 19.2 Å². The van der Waals surface area contributed by atoms with Crippen molar-refractivity contribution in [1.29, 1.82) is 5.41 Å². The number of carbonyl (C=O) groups excluding carboxylic acids is 4. The van der Waals surface area contributed by atoms with Gasteiger partial charge in [0.15, 0.2) is 18.3 Å². The van der Waals surface area contributed by atoms with Crippen molar-refractivity contribution < 1.29 is 47.6 Å². The SMILES string of the molecule is CC(=O)CCC(=O)O[C@H]1[C@H](OCc2ccccc2)[C@@H](OC(=O)c2ccccc2)C(OC(=N)C(Cl)(Cl)Cl)O[C@@H]1C(=O)OCc1ccccc1. The van der Waals surface area contributed by atoms with Gasteiger partial charge in [-0.3, -0.25) is 10.2 Å². The van der Waals surface area contributed by atoms with E-state index in [0.717, 1.165) is 0 Å². The quantitative estimate of drug-likeness (QED) is 0.0743. The minimum atomic E-state index is -2.38. The van der Waals surface area contributed by atoms with Crippen LogP contribution in [0.2, 0.25) is 0 Å². The van der Waals surface area contributed by atoms with E-state index in [-0.39, 0.29) is 37.4 Å². The molecule has 0 amide bonds. The van der Waals surface area contributed by atoms with Crippen molar-refractivity contribution in [3.8, 4) is 0 Å². The lowest BCUT2D eigenvalue weighted by Crippen LogP contribution is -2.64. The molecule has 1 heterocycles. The molecule has 5 atom stereocenters. The van der Waals surface area contributed by atoms with Crippen LogP contribution in [0.1, 0.15) is 41.3 Å². The van der Waals surface area contributed by atoms with E-state index in [1.807, 2.05) is 0 Å². The molecule has 254 valence electrons. The van der Waals surface area contributed by atoms with Gasteiger partial charge in [-0.05, 0) is 30.2 Å². The maximum atomic E-state index is 13.7. The number of hydrogen-bond donors (Lipinski definition) is 1. The van der Waals surface area contributed by atoms with Crippen LogP contribution < -0.4 is 0 Å². The zero-order valence-electron chi connectivity index (χ0n) is 25.6. The van der Waals surface area contributed by atoms with E-state index < -0.39 is 58.3 Å². The highest BCUT2D eigenvalue weighted by molar-refractivity contribution is 6.76. The second-order valence-electron chi connectivity index (χ2n) is 10.6. The van der Waals surface area contributed by atoms with Crippen molar-refractivity contribution >= 4 is 64.4 Å². The highest BCUT2D eigenvalue weighted by Crippen LogP contribution is 2.35. The highest BCUT2D eigenvalue weighted by Gasteiger charge is 2.56. The van der Waals surface area contributed by atoms with Gasteiger partial charge < -0.3 is 33.2 Å². The molecule has 0 saturated carbocycles. The molecule has 0 aliphatic carbocycles. The molecule has 48 heavy (non-hydrogen) atoms. The van der Waals surface area contributed by atoms with Gasteiger partial charge in [0.25, 0.3) is 3.79 Å². The summed E-state index contributed by atoms with van der Waals surface area (Å²) in [6.07, 6.45) is -8.71. The molecule has 0 radical (unpaired) electrons. The number of carbonyl (C=O) groups is 4. The molecule has 1 fully saturated rings. The summed E-state index contributed by atoms with van der Waals surface area (Å²) in [5, 5.41) is 8.23. The first-order valence-corrected chi connectivity index (χ1v) is 15.8. The maximum Gasteiger partial charge on any atom is 0.339 e. The van der Waals surface area contributed by atoms with Crippen molar-refractivity contribution in [3.05, 3.63) is 108 Å². The highest BCUT2D eigenvalue weighted by atomic mass is 35.6. The van der Waals surface area contributed by atoms with E-state index in [1.165, 1.54) is 19.1 Å². The molecule has 1 N–H and O–H groups in total. The summed E-state index contributed by atoms with van der Waals surface area (Å²) in [4.78, 5) is 51.8. The van der Waals surface area contributed by atoms with Crippen LogP contribution in [0, 0.1) is 5.41 Å². The number of ketones is 1. The smallest absolute Gasteiger partial charge is 0.339 e. The van der Waals surface area contributed by atoms with Gasteiger partial charge in [-0.2, -0.15) is 0 Å². The molecule has 14 heteroatoms. The number of nitrogens with one attached hydrogen (secondary N) is 1. The topological polar surface area (TPSA) is 148 Å². The van der Waals surface area contributed by atoms with Gasteiger partial charge in [0.05, 0.1) is 18.6 Å². The predicted octanol–water partition coefficient (Wildman–Crippen LogP) is 5.91.